The Kier molecular flexibility index (Phi) is 37.6. The fraction of sp³-hybridized carbons (Fsp3) is 0.446. The van der Waals surface area contributed by atoms with E-state index >= 15 is 0 Å². The highest BCUT2D eigenvalue weighted by molar-refractivity contribution is 9.10. The van der Waals surface area contributed by atoms with Gasteiger partial charge in [-0.3, -0.25) is 32.8 Å². The Hall–Kier alpha value is -7.94. The van der Waals surface area contributed by atoms with Crippen LogP contribution in [0.4, 0.5) is 0 Å². The molecule has 0 spiro atoms. The quantitative estimate of drug-likeness (QED) is 0.152. The second-order valence-corrected chi connectivity index (χ2v) is 23.8. The molecule has 0 unspecified atom stereocenters. The summed E-state index contributed by atoms with van der Waals surface area (Å²) in [6, 6.07) is 4.02. The first-order valence-electron chi connectivity index (χ1n) is 28.6. The summed E-state index contributed by atoms with van der Waals surface area (Å²) in [7, 11) is 25.2. The van der Waals surface area contributed by atoms with Gasteiger partial charge in [0.05, 0.1) is 78.8 Å². The van der Waals surface area contributed by atoms with E-state index in [2.05, 4.69) is 114 Å². The minimum Gasteiger partial charge on any atom is -0.496 e. The number of aryl methyl sites for hydroxylation is 18. The zero-order chi connectivity index (χ0) is 69.2. The van der Waals surface area contributed by atoms with Crippen molar-refractivity contribution in [2.75, 3.05) is 42.7 Å². The maximum atomic E-state index is 5.02. The highest BCUT2D eigenvalue weighted by Gasteiger charge is 2.07. The lowest BCUT2D eigenvalue weighted by atomic mass is 10.3. The second kappa shape index (κ2) is 42.2. The first-order chi connectivity index (χ1) is 42.8. The highest BCUT2D eigenvalue weighted by atomic mass is 79.9. The van der Waals surface area contributed by atoms with Gasteiger partial charge in [0, 0.05) is 141 Å². The molecule has 0 bridgehead atoms. The molecule has 0 fully saturated rings. The zero-order valence-corrected chi connectivity index (χ0v) is 63.3. The van der Waals surface area contributed by atoms with Crippen molar-refractivity contribution in [3.63, 3.8) is 0 Å². The van der Waals surface area contributed by atoms with Crippen molar-refractivity contribution >= 4 is 49.9 Å². The third kappa shape index (κ3) is 28.4. The van der Waals surface area contributed by atoms with Crippen LogP contribution in [0.3, 0.4) is 0 Å². The lowest BCUT2D eigenvalue weighted by Gasteiger charge is -1.98. The fourth-order valence-electron chi connectivity index (χ4n) is 7.02. The molecule has 91 heavy (non-hydrogen) atoms. The Morgan fingerprint density at radius 3 is 1.07 bits per heavy atom. The van der Waals surface area contributed by atoms with Crippen molar-refractivity contribution in [3.05, 3.63) is 171 Å². The summed E-state index contributed by atoms with van der Waals surface area (Å²) < 4.78 is 45.6. The molecule has 0 aliphatic carbocycles. The van der Waals surface area contributed by atoms with Crippen molar-refractivity contribution in [3.8, 4) is 34.2 Å². The largest absolute Gasteiger partial charge is 0.496 e. The Labute approximate surface area is 561 Å². The van der Waals surface area contributed by atoms with Crippen LogP contribution in [0.15, 0.2) is 86.9 Å². The van der Waals surface area contributed by atoms with Gasteiger partial charge in [-0.2, -0.15) is 41.9 Å². The van der Waals surface area contributed by atoms with Gasteiger partial charge in [-0.15, -0.1) is 32.9 Å². The Bertz CT molecular complexity index is 3510. The molecule has 11 aromatic rings. The number of aromatic nitrogens is 16. The molecule has 0 saturated heterocycles. The highest BCUT2D eigenvalue weighted by Crippen LogP contribution is 2.24. The first kappa shape index (κ1) is 81.1. The van der Waals surface area contributed by atoms with E-state index in [0.29, 0.717) is 5.88 Å². The molecule has 0 aromatic carbocycles. The zero-order valence-electron chi connectivity index (χ0n) is 59.3. The predicted molar refractivity (Wildman–Crippen MR) is 377 cm³/mol. The van der Waals surface area contributed by atoms with E-state index < -0.39 is 0 Å². The van der Waals surface area contributed by atoms with E-state index in [0.717, 1.165) is 62.1 Å². The van der Waals surface area contributed by atoms with Crippen molar-refractivity contribution < 1.29 is 28.4 Å². The van der Waals surface area contributed by atoms with Crippen LogP contribution in [0.25, 0.3) is 0 Å². The van der Waals surface area contributed by atoms with Crippen molar-refractivity contribution in [2.45, 2.75) is 104 Å². The molecule has 11 rings (SSSR count). The summed E-state index contributed by atoms with van der Waals surface area (Å²) >= 11 is 8.39. The van der Waals surface area contributed by atoms with Crippen LogP contribution < -0.4 is 28.4 Å². The number of thiophene rings is 3. The number of halogens is 1. The van der Waals surface area contributed by atoms with Crippen LogP contribution in [0, 0.1) is 104 Å². The van der Waals surface area contributed by atoms with Crippen LogP contribution in [0.5, 0.6) is 34.2 Å². The molecule has 11 aromatic heterocycles. The van der Waals surface area contributed by atoms with Crippen LogP contribution in [-0.2, 0) is 56.4 Å². The van der Waals surface area contributed by atoms with Gasteiger partial charge < -0.3 is 28.4 Å². The number of methoxy groups -OCH3 is 6. The van der Waals surface area contributed by atoms with Gasteiger partial charge in [-0.25, -0.2) is 4.68 Å². The molecule has 0 atom stereocenters. The summed E-state index contributed by atoms with van der Waals surface area (Å²) in [5.41, 5.74) is 17.8. The summed E-state index contributed by atoms with van der Waals surface area (Å²) in [6.45, 7) is 30.4. The van der Waals surface area contributed by atoms with E-state index in [-0.39, 0.29) is 0 Å². The third-order valence-corrected chi connectivity index (χ3v) is 17.5. The molecule has 0 radical (unpaired) electrons. The number of hydrogen-bond acceptors (Lipinski definition) is 17. The van der Waals surface area contributed by atoms with E-state index in [9.17, 15) is 0 Å². The third-order valence-electron chi connectivity index (χ3n) is 13.7. The fourth-order valence-corrected chi connectivity index (χ4v) is 9.85. The lowest BCUT2D eigenvalue weighted by Crippen LogP contribution is -1.95. The van der Waals surface area contributed by atoms with Crippen molar-refractivity contribution in [1.29, 1.82) is 0 Å². The Balaban J connectivity index is 0.000000501. The molecule has 22 nitrogen and oxygen atoms in total. The average Bonchev–Trinajstić information content (AvgIpc) is 2.17. The van der Waals surface area contributed by atoms with Crippen LogP contribution >= 0.6 is 49.9 Å². The van der Waals surface area contributed by atoms with Gasteiger partial charge >= 0.3 is 0 Å². The van der Waals surface area contributed by atoms with Gasteiger partial charge in [0.15, 0.2) is 10.8 Å². The summed E-state index contributed by atoms with van der Waals surface area (Å²) in [5.74, 6) is 4.10. The van der Waals surface area contributed by atoms with Crippen LogP contribution in [-0.4, -0.2) is 121 Å². The minimum atomic E-state index is 0.706. The predicted octanol–water partition coefficient (Wildman–Crippen LogP) is 14.0. The van der Waals surface area contributed by atoms with Gasteiger partial charge in [0.25, 0.3) is 0 Å². The summed E-state index contributed by atoms with van der Waals surface area (Å²) in [5, 5.41) is 43.5. The van der Waals surface area contributed by atoms with Gasteiger partial charge in [0.1, 0.15) is 5.75 Å². The summed E-state index contributed by atoms with van der Waals surface area (Å²) in [6.07, 6.45) is 12.9. The summed E-state index contributed by atoms with van der Waals surface area (Å²) in [4.78, 5) is 0. The Morgan fingerprint density at radius 2 is 0.890 bits per heavy atom. The van der Waals surface area contributed by atoms with Gasteiger partial charge in [-0.05, 0) is 170 Å². The minimum absolute atomic E-state index is 0.706. The van der Waals surface area contributed by atoms with Crippen LogP contribution in [0.1, 0.15) is 84.2 Å². The van der Waals surface area contributed by atoms with E-state index in [1.165, 1.54) is 54.9 Å². The SMILES string of the molecule is COc1c(C)cnn1C.COc1cnn(C)c1C.COc1cscc1C.COc1nn(C)c(C)c1C.COc1nn(C)cc1C.COc1sccc1C.Cc1ccnn1C.Cc1cn(C)nc1C.Cc1cnn(C)c1C.Cc1cnn(C)c1C.Cc1cscc1Br. The van der Waals surface area contributed by atoms with Crippen molar-refractivity contribution in [1.82, 2.24) is 78.2 Å². The smallest absolute Gasteiger partial charge is 0.235 e. The molecule has 502 valence electrons. The Morgan fingerprint density at radius 1 is 0.385 bits per heavy atom. The molecule has 0 saturated carbocycles. The van der Waals surface area contributed by atoms with E-state index in [1.54, 1.807) is 109 Å². The number of rotatable bonds is 6. The lowest BCUT2D eigenvalue weighted by molar-refractivity contribution is 0.371. The molecular formula is C65H101BrN16O6S3. The number of ether oxygens (including phenoxy) is 6. The number of hydrogen-bond donors (Lipinski definition) is 0. The topological polar surface area (TPSA) is 198 Å². The van der Waals surface area contributed by atoms with E-state index in [4.69, 9.17) is 28.4 Å². The second-order valence-electron chi connectivity index (χ2n) is 20.6. The molecule has 0 aliphatic rings. The molecule has 0 amide bonds. The maximum Gasteiger partial charge on any atom is 0.235 e. The molecule has 26 heteroatoms. The maximum absolute atomic E-state index is 5.02. The van der Waals surface area contributed by atoms with Crippen molar-refractivity contribution in [2.24, 2.45) is 56.4 Å². The molecule has 0 N–H and O–H groups in total. The normalized spacial score (nSPS) is 9.65. The molecule has 11 heterocycles. The standard InChI is InChI=1S/C7H12N2O.3C6H10N2O.3C6H10N2.2C6H8OS.C5H5BrS.C5H8N2/c1-5-6(2)9(3)8-7(5)10-4;1-5-6(9-3)4-7-8(5)2;1-5-4-8(2)7-6(5)9-3;1-5-4-7-8(2)6(5)9-3;1-5-4-8(3)7-6(5)2;2*1-5-4-7-8(3)6(5)2;1-5-3-8-4-6(5)7-2;1-5-3-4-8-6(5)7-2;1-4-2-7-3-5(4)6;1-5-3-4-6-7(5)2/h1-4H3;3*4H,1-3H3;3*4H,1-3H3;2*3-4H,1-2H3;2-3H,1H3;3-4H,1-2H3. The van der Waals surface area contributed by atoms with E-state index in [1.807, 2.05) is 190 Å². The molecule has 0 aliphatic heterocycles. The monoisotopic (exact) mass is 1380 g/mol. The number of nitrogens with zero attached hydrogens (tertiary/aromatic N) is 16. The first-order valence-corrected chi connectivity index (χ1v) is 32.2. The van der Waals surface area contributed by atoms with Gasteiger partial charge in [0.2, 0.25) is 17.6 Å². The molecular weight excluding hydrogens is 1280 g/mol. The average molecular weight is 1380 g/mol. The van der Waals surface area contributed by atoms with Gasteiger partial charge in [-0.1, -0.05) is 0 Å². The van der Waals surface area contributed by atoms with Crippen LogP contribution in [0.2, 0.25) is 0 Å².